The van der Waals surface area contributed by atoms with E-state index in [1.807, 2.05) is 30.3 Å². The second-order valence-electron chi connectivity index (χ2n) is 7.70. The molecule has 1 aromatic heterocycles. The molecule has 1 aliphatic carbocycles. The van der Waals surface area contributed by atoms with E-state index >= 15 is 0 Å². The van der Waals surface area contributed by atoms with Gasteiger partial charge in [-0.15, -0.1) is 0 Å². The molecule has 0 radical (unpaired) electrons. The fourth-order valence-corrected chi connectivity index (χ4v) is 4.32. The number of benzene rings is 2. The molecule has 0 spiro atoms. The number of nitrogens with zero attached hydrogens (tertiary/aromatic N) is 1. The average molecular weight is 412 g/mol. The summed E-state index contributed by atoms with van der Waals surface area (Å²) in [5, 5.41) is 16.1. The molecule has 1 heterocycles. The number of fused-ring (bicyclic) bond motifs is 1. The summed E-state index contributed by atoms with van der Waals surface area (Å²) < 4.78 is 5.42. The topological polar surface area (TPSA) is 80.4 Å². The predicted molar refractivity (Wildman–Crippen MR) is 117 cm³/mol. The Balaban J connectivity index is 1.81. The van der Waals surface area contributed by atoms with Crippen LogP contribution in [0, 0.1) is 0 Å². The normalized spacial score (nSPS) is 20.5. The van der Waals surface area contributed by atoms with E-state index in [1.165, 1.54) is 0 Å². The predicted octanol–water partition coefficient (Wildman–Crippen LogP) is 4.55. The first-order valence-corrected chi connectivity index (χ1v) is 10.4. The van der Waals surface area contributed by atoms with Crippen LogP contribution in [0.1, 0.15) is 42.9 Å². The maximum atomic E-state index is 10.7. The Kier molecular flexibility index (Phi) is 5.90. The number of pyridine rings is 1. The highest BCUT2D eigenvalue weighted by Gasteiger charge is 2.26. The molecule has 29 heavy (non-hydrogen) atoms. The molecule has 0 saturated heterocycles. The van der Waals surface area contributed by atoms with Crippen LogP contribution in [-0.4, -0.2) is 29.3 Å². The molecule has 1 saturated carbocycles. The van der Waals surface area contributed by atoms with Crippen molar-refractivity contribution in [1.82, 2.24) is 10.3 Å². The Bertz CT molecular complexity index is 1000. The van der Waals surface area contributed by atoms with E-state index in [9.17, 15) is 5.11 Å². The maximum Gasteiger partial charge on any atom is 0.120 e. The number of aromatic hydroxyl groups is 1. The van der Waals surface area contributed by atoms with Crippen LogP contribution < -0.4 is 15.8 Å². The average Bonchev–Trinajstić information content (AvgIpc) is 2.73. The first-order valence-electron chi connectivity index (χ1n) is 9.98. The molecule has 0 amide bonds. The smallest absolute Gasteiger partial charge is 0.120 e. The summed E-state index contributed by atoms with van der Waals surface area (Å²) >= 11 is 6.18. The number of phenols is 1. The van der Waals surface area contributed by atoms with Gasteiger partial charge in [-0.2, -0.15) is 0 Å². The molecule has 152 valence electrons. The number of nitrogens with two attached hydrogens (primary N) is 1. The van der Waals surface area contributed by atoms with Crippen molar-refractivity contribution in [1.29, 1.82) is 0 Å². The summed E-state index contributed by atoms with van der Waals surface area (Å²) in [7, 11) is 1.63. The monoisotopic (exact) mass is 411 g/mol. The highest BCUT2D eigenvalue weighted by Crippen LogP contribution is 2.37. The minimum atomic E-state index is -0.212. The van der Waals surface area contributed by atoms with E-state index in [2.05, 4.69) is 10.3 Å². The summed E-state index contributed by atoms with van der Waals surface area (Å²) in [6, 6.07) is 13.4. The summed E-state index contributed by atoms with van der Waals surface area (Å²) in [4.78, 5) is 4.48. The van der Waals surface area contributed by atoms with Gasteiger partial charge in [-0.05, 0) is 67.6 Å². The lowest BCUT2D eigenvalue weighted by atomic mass is 9.88. The molecule has 2 aromatic carbocycles. The van der Waals surface area contributed by atoms with E-state index in [0.29, 0.717) is 16.8 Å². The maximum absolute atomic E-state index is 10.7. The van der Waals surface area contributed by atoms with Crippen LogP contribution in [0.15, 0.2) is 48.7 Å². The molecule has 4 rings (SSSR count). The molecule has 0 bridgehead atoms. The molecule has 5 nitrogen and oxygen atoms in total. The Morgan fingerprint density at radius 2 is 1.90 bits per heavy atom. The van der Waals surface area contributed by atoms with Gasteiger partial charge in [0.15, 0.2) is 0 Å². The van der Waals surface area contributed by atoms with Crippen molar-refractivity contribution in [2.75, 3.05) is 7.11 Å². The lowest BCUT2D eigenvalue weighted by Crippen LogP contribution is -2.39. The van der Waals surface area contributed by atoms with Crippen LogP contribution in [0.4, 0.5) is 0 Å². The third-order valence-electron chi connectivity index (χ3n) is 5.77. The number of hydrogen-bond donors (Lipinski definition) is 3. The zero-order valence-corrected chi connectivity index (χ0v) is 17.2. The van der Waals surface area contributed by atoms with Crippen molar-refractivity contribution >= 4 is 22.5 Å². The highest BCUT2D eigenvalue weighted by molar-refractivity contribution is 6.31. The second kappa shape index (κ2) is 8.57. The third kappa shape index (κ3) is 4.32. The van der Waals surface area contributed by atoms with E-state index in [1.54, 1.807) is 25.4 Å². The first-order chi connectivity index (χ1) is 14.0. The Morgan fingerprint density at radius 3 is 2.66 bits per heavy atom. The number of aromatic nitrogens is 1. The van der Waals surface area contributed by atoms with Crippen LogP contribution >= 0.6 is 11.6 Å². The molecular weight excluding hydrogens is 386 g/mol. The molecule has 4 N–H and O–H groups in total. The van der Waals surface area contributed by atoms with Gasteiger partial charge in [0.25, 0.3) is 0 Å². The van der Waals surface area contributed by atoms with Gasteiger partial charge in [0.2, 0.25) is 0 Å². The van der Waals surface area contributed by atoms with Gasteiger partial charge in [0.05, 0.1) is 18.7 Å². The van der Waals surface area contributed by atoms with Gasteiger partial charge in [-0.3, -0.25) is 4.98 Å². The Labute approximate surface area is 175 Å². The van der Waals surface area contributed by atoms with Crippen molar-refractivity contribution in [2.24, 2.45) is 5.73 Å². The van der Waals surface area contributed by atoms with Crippen LogP contribution in [0.3, 0.4) is 0 Å². The van der Waals surface area contributed by atoms with Crippen molar-refractivity contribution in [3.63, 3.8) is 0 Å². The lowest BCUT2D eigenvalue weighted by Gasteiger charge is -2.32. The molecule has 6 heteroatoms. The summed E-state index contributed by atoms with van der Waals surface area (Å²) in [5.41, 5.74) is 8.75. The first kappa shape index (κ1) is 20.0. The number of hydrogen-bond acceptors (Lipinski definition) is 5. The number of rotatable bonds is 5. The molecule has 0 aliphatic heterocycles. The van der Waals surface area contributed by atoms with Gasteiger partial charge >= 0.3 is 0 Å². The highest BCUT2D eigenvalue weighted by atomic mass is 35.5. The van der Waals surface area contributed by atoms with Crippen molar-refractivity contribution < 1.29 is 9.84 Å². The minimum absolute atomic E-state index is 0.212. The van der Waals surface area contributed by atoms with E-state index < -0.39 is 0 Å². The number of halogens is 1. The van der Waals surface area contributed by atoms with Gasteiger partial charge < -0.3 is 20.9 Å². The fourth-order valence-electron chi connectivity index (χ4n) is 4.15. The van der Waals surface area contributed by atoms with Crippen molar-refractivity contribution in [2.45, 2.75) is 43.8 Å². The van der Waals surface area contributed by atoms with Crippen molar-refractivity contribution in [3.8, 4) is 11.5 Å². The zero-order valence-electron chi connectivity index (χ0n) is 16.4. The van der Waals surface area contributed by atoms with Crippen LogP contribution in [-0.2, 0) is 0 Å². The second-order valence-corrected chi connectivity index (χ2v) is 8.13. The quantitative estimate of drug-likeness (QED) is 0.573. The number of phenolic OH excluding ortho intramolecular Hbond substituents is 1. The lowest BCUT2D eigenvalue weighted by molar-refractivity contribution is 0.325. The number of ether oxygens (including phenoxy) is 1. The summed E-state index contributed by atoms with van der Waals surface area (Å²) in [6.07, 6.45) is 5.81. The molecule has 1 atom stereocenters. The Morgan fingerprint density at radius 1 is 1.10 bits per heavy atom. The van der Waals surface area contributed by atoms with Gasteiger partial charge in [-0.25, -0.2) is 0 Å². The van der Waals surface area contributed by atoms with Crippen LogP contribution in [0.25, 0.3) is 10.9 Å². The number of nitrogens with one attached hydrogen (secondary N) is 1. The largest absolute Gasteiger partial charge is 0.508 e. The summed E-state index contributed by atoms with van der Waals surface area (Å²) in [6.45, 7) is 0. The van der Waals surface area contributed by atoms with Gasteiger partial charge in [-0.1, -0.05) is 17.7 Å². The minimum Gasteiger partial charge on any atom is -0.508 e. The van der Waals surface area contributed by atoms with Crippen LogP contribution in [0.5, 0.6) is 11.5 Å². The summed E-state index contributed by atoms with van der Waals surface area (Å²) in [5.74, 6) is 0.936. The zero-order chi connectivity index (χ0) is 20.4. The Hall–Kier alpha value is -2.34. The van der Waals surface area contributed by atoms with Crippen LogP contribution in [0.2, 0.25) is 5.02 Å². The third-order valence-corrected chi connectivity index (χ3v) is 6.00. The SMILES string of the molecule is COc1ccc(O)c(C(NC2CCC(N)CC2)c2ccnc3cc(Cl)ccc23)c1. The molecule has 3 aromatic rings. The van der Waals surface area contributed by atoms with Crippen molar-refractivity contribution in [3.05, 3.63) is 64.8 Å². The van der Waals surface area contributed by atoms with Gasteiger partial charge in [0, 0.05) is 34.3 Å². The van der Waals surface area contributed by atoms with E-state index in [4.69, 9.17) is 22.1 Å². The fraction of sp³-hybridized carbons (Fsp3) is 0.348. The molecule has 1 unspecified atom stereocenters. The van der Waals surface area contributed by atoms with E-state index in [-0.39, 0.29) is 17.8 Å². The molecule has 1 fully saturated rings. The standard InChI is InChI=1S/C23H26ClN3O2/c1-29-17-7-9-22(28)20(13-17)23(27-16-5-3-15(25)4-6-16)19-10-11-26-21-12-14(24)2-8-18(19)21/h2,7-13,15-16,23,27-28H,3-6,25H2,1H3. The van der Waals surface area contributed by atoms with Gasteiger partial charge in [0.1, 0.15) is 11.5 Å². The van der Waals surface area contributed by atoms with E-state index in [0.717, 1.165) is 47.7 Å². The number of methoxy groups -OCH3 is 1. The molecular formula is C23H26ClN3O2. The molecule has 1 aliphatic rings.